The summed E-state index contributed by atoms with van der Waals surface area (Å²) in [4.78, 5) is 66.4. The normalized spacial score (nSPS) is 12.2. The number of hydrogen-bond donors (Lipinski definition) is 5. The van der Waals surface area contributed by atoms with Gasteiger partial charge in [-0.2, -0.15) is 0 Å². The van der Waals surface area contributed by atoms with E-state index in [1.807, 2.05) is 124 Å². The first-order valence-electron chi connectivity index (χ1n) is 35.9. The molecule has 0 fully saturated rings. The van der Waals surface area contributed by atoms with Crippen LogP contribution in [0.4, 0.5) is 8.78 Å². The van der Waals surface area contributed by atoms with Crippen LogP contribution in [0.3, 0.4) is 0 Å². The number of nitrogens with zero attached hydrogens (tertiary/aromatic N) is 2. The number of pyridine rings is 2. The number of carbonyl (C=O) groups is 5. The number of likely N-dealkylation sites (N-methyl/N-ethyl adjacent to an activating group) is 5. The Morgan fingerprint density at radius 3 is 1.15 bits per heavy atom. The van der Waals surface area contributed by atoms with Gasteiger partial charge < -0.3 is 31.3 Å². The first-order chi connectivity index (χ1) is 50.8. The van der Waals surface area contributed by atoms with Crippen molar-refractivity contribution in [2.75, 3.05) is 42.3 Å². The number of aryl methyl sites for hydroxylation is 2. The van der Waals surface area contributed by atoms with Crippen LogP contribution in [-0.2, 0) is 62.5 Å². The van der Waals surface area contributed by atoms with E-state index in [2.05, 4.69) is 137 Å². The highest BCUT2D eigenvalue weighted by Gasteiger charge is 2.19. The van der Waals surface area contributed by atoms with Crippen molar-refractivity contribution in [2.24, 2.45) is 0 Å². The van der Waals surface area contributed by atoms with Gasteiger partial charge in [0.05, 0.1) is 53.7 Å². The Morgan fingerprint density at radius 2 is 0.774 bits per heavy atom. The molecule has 0 radical (unpaired) electrons. The zero-order valence-electron chi connectivity index (χ0n) is 64.0. The Kier molecular flexibility index (Phi) is 35.0. The molecule has 5 N–H and O–H groups in total. The highest BCUT2D eigenvalue weighted by molar-refractivity contribution is 6.31. The minimum absolute atomic E-state index is 0.114. The van der Waals surface area contributed by atoms with E-state index in [4.69, 9.17) is 16.3 Å². The van der Waals surface area contributed by atoms with Crippen LogP contribution in [0.5, 0.6) is 5.75 Å². The molecule has 556 valence electrons. The number of carbonyl (C=O) groups excluding carboxylic acids is 5. The van der Waals surface area contributed by atoms with Crippen molar-refractivity contribution in [3.05, 3.63) is 280 Å². The van der Waals surface area contributed by atoms with Gasteiger partial charge in [-0.05, 0) is 230 Å². The highest BCUT2D eigenvalue weighted by atomic mass is 35.5. The number of ether oxygens (including phenoxy) is 1. The molecule has 106 heavy (non-hydrogen) atoms. The average molecular weight is 1450 g/mol. The molecular formula is C90H104ClF2N7O6. The lowest BCUT2D eigenvalue weighted by Crippen LogP contribution is -2.34. The van der Waals surface area contributed by atoms with Gasteiger partial charge in [0, 0.05) is 34.6 Å². The molecule has 0 saturated heterocycles. The summed E-state index contributed by atoms with van der Waals surface area (Å²) in [5.41, 5.74) is 19.0. The van der Waals surface area contributed by atoms with Gasteiger partial charge in [0.25, 0.3) is 0 Å². The summed E-state index contributed by atoms with van der Waals surface area (Å²) in [6.07, 6.45) is 8.06. The van der Waals surface area contributed by atoms with Gasteiger partial charge in [0.2, 0.25) is 0 Å². The second kappa shape index (κ2) is 43.6. The van der Waals surface area contributed by atoms with E-state index in [0.717, 1.165) is 84.8 Å². The molecule has 2 heterocycles. The predicted molar refractivity (Wildman–Crippen MR) is 431 cm³/mol. The molecule has 0 bridgehead atoms. The number of Topliss-reactive ketones (excluding diaryl/α,β-unsaturated/α-hetero) is 5. The number of rotatable bonds is 28. The van der Waals surface area contributed by atoms with Gasteiger partial charge in [-0.3, -0.25) is 33.9 Å². The third-order valence-corrected chi connectivity index (χ3v) is 18.9. The fourth-order valence-electron chi connectivity index (χ4n) is 11.9. The molecule has 2 aromatic heterocycles. The minimum atomic E-state index is -0.421. The quantitative estimate of drug-likeness (QED) is 0.0313. The molecule has 0 aliphatic carbocycles. The standard InChI is InChI=1S/C21H27NO2.C18H22N2O.C17H17ClFNO.C17H18FNO.C17H20N2O/c1-14(2)18-10-11-21(24-5)19(13-18)17-8-6-16(7-9-17)12-20(22-4)15(3)23;1-4-15-7-5-6-8-16(15)17-10-9-14(12-20-17)11-18(19-3)13(2)21;1-11(21)17(20-2)9-12-3-5-13(6-4-12)14-7-8-16(19)15(18)10-14;1-12(20)17(19-2)11-13-7-9-14(10-8-13)15-5-3-4-6-16(15)18;1-12-6-4-5-7-15(12)16-9-8-14(11-19-16)10-17(18-3)13(2)20/h6-11,13-14,20,22H,12H2,1-5H3;5-10,12,18-19H,4,11H2,1-3H3;3-8,10,17,20H,9H2,1-2H3;3-10,17,19H,11H2,1-2H3;4-9,11,17-18H,10H2,1-3H3/t20-;18-;3*17-/m00000/s1. The first-order valence-corrected chi connectivity index (χ1v) is 36.3. The maximum Gasteiger partial charge on any atom is 0.147 e. The predicted octanol–water partition coefficient (Wildman–Crippen LogP) is 17.1. The summed E-state index contributed by atoms with van der Waals surface area (Å²) < 4.78 is 32.4. The monoisotopic (exact) mass is 1450 g/mol. The molecule has 0 amide bonds. The van der Waals surface area contributed by atoms with Crippen molar-refractivity contribution < 1.29 is 37.5 Å². The van der Waals surface area contributed by atoms with Crippen LogP contribution in [0.15, 0.2) is 219 Å². The van der Waals surface area contributed by atoms with Crippen LogP contribution < -0.4 is 31.3 Å². The Morgan fingerprint density at radius 1 is 0.406 bits per heavy atom. The topological polar surface area (TPSA) is 181 Å². The smallest absolute Gasteiger partial charge is 0.147 e. The second-order valence-electron chi connectivity index (χ2n) is 26.5. The molecule has 0 spiro atoms. The highest BCUT2D eigenvalue weighted by Crippen LogP contribution is 2.34. The van der Waals surface area contributed by atoms with Gasteiger partial charge in [0.1, 0.15) is 46.3 Å². The molecule has 0 aliphatic heterocycles. The van der Waals surface area contributed by atoms with Crippen LogP contribution >= 0.6 is 11.6 Å². The number of ketones is 5. The van der Waals surface area contributed by atoms with E-state index < -0.39 is 5.82 Å². The lowest BCUT2D eigenvalue weighted by atomic mass is 9.95. The Balaban J connectivity index is 0.000000208. The minimum Gasteiger partial charge on any atom is -0.496 e. The van der Waals surface area contributed by atoms with Crippen molar-refractivity contribution in [3.8, 4) is 61.6 Å². The van der Waals surface area contributed by atoms with E-state index >= 15 is 0 Å². The van der Waals surface area contributed by atoms with Gasteiger partial charge >= 0.3 is 0 Å². The van der Waals surface area contributed by atoms with Crippen LogP contribution in [0.1, 0.15) is 106 Å². The molecule has 16 heteroatoms. The van der Waals surface area contributed by atoms with Crippen LogP contribution in [-0.4, -0.2) is 111 Å². The molecule has 0 saturated carbocycles. The summed E-state index contributed by atoms with van der Waals surface area (Å²) in [7, 11) is 10.7. The maximum atomic E-state index is 13.7. The average Bonchev–Trinajstić information content (AvgIpc) is 0.826. The van der Waals surface area contributed by atoms with E-state index in [1.165, 1.54) is 34.4 Å². The fraction of sp³-hybridized carbons (Fsp3) is 0.300. The number of nitrogens with one attached hydrogen (secondary N) is 5. The zero-order valence-corrected chi connectivity index (χ0v) is 64.7. The maximum absolute atomic E-state index is 13.7. The number of hydrogen-bond acceptors (Lipinski definition) is 13. The summed E-state index contributed by atoms with van der Waals surface area (Å²) in [6, 6.07) is 65.5. The SMILES string of the molecule is CCc1ccccc1-c1ccc(C[C@H](NC)C(C)=O)cn1.CN[C@@H](Cc1ccc(-c2cc(C(C)C)ccc2OC)cc1)C(C)=O.CN[C@@H](Cc1ccc(-c2ccc(F)c(Cl)c2)cc1)C(C)=O.CN[C@@H](Cc1ccc(-c2ccccc2C)nc1)C(C)=O.CN[C@@H](Cc1ccc(-c2ccccc2F)cc1)C(C)=O. The third-order valence-electron chi connectivity index (χ3n) is 18.6. The summed E-state index contributed by atoms with van der Waals surface area (Å²) >= 11 is 5.80. The third kappa shape index (κ3) is 26.0. The van der Waals surface area contributed by atoms with Gasteiger partial charge in [-0.15, -0.1) is 0 Å². The summed E-state index contributed by atoms with van der Waals surface area (Å²) in [5, 5.41) is 15.2. The molecule has 5 atom stereocenters. The molecular weight excluding hydrogens is 1350 g/mol. The largest absolute Gasteiger partial charge is 0.496 e. The fourth-order valence-corrected chi connectivity index (χ4v) is 12.1. The lowest BCUT2D eigenvalue weighted by molar-refractivity contribution is -0.119. The Hall–Kier alpha value is -9.84. The summed E-state index contributed by atoms with van der Waals surface area (Å²) in [5.74, 6) is 1.40. The van der Waals surface area contributed by atoms with E-state index in [0.29, 0.717) is 43.6 Å². The lowest BCUT2D eigenvalue weighted by Gasteiger charge is -2.15. The molecule has 0 aliphatic rings. The molecule has 10 aromatic rings. The number of aromatic nitrogens is 2. The van der Waals surface area contributed by atoms with Crippen LogP contribution in [0.25, 0.3) is 55.9 Å². The molecule has 8 aromatic carbocycles. The van der Waals surface area contributed by atoms with Gasteiger partial charge in [0.15, 0.2) is 0 Å². The second-order valence-corrected chi connectivity index (χ2v) is 26.9. The van der Waals surface area contributed by atoms with Gasteiger partial charge in [-0.25, -0.2) is 8.78 Å². The van der Waals surface area contributed by atoms with Crippen molar-refractivity contribution >= 4 is 40.5 Å². The van der Waals surface area contributed by atoms with Crippen molar-refractivity contribution in [1.29, 1.82) is 0 Å². The number of halogens is 3. The first kappa shape index (κ1) is 85.1. The van der Waals surface area contributed by atoms with Gasteiger partial charge in [-0.1, -0.05) is 196 Å². The van der Waals surface area contributed by atoms with Crippen molar-refractivity contribution in [3.63, 3.8) is 0 Å². The zero-order chi connectivity index (χ0) is 77.4. The molecule has 0 unspecified atom stereocenters. The van der Waals surface area contributed by atoms with Crippen molar-refractivity contribution in [2.45, 2.75) is 137 Å². The molecule has 13 nitrogen and oxygen atoms in total. The Labute approximate surface area is 631 Å². The van der Waals surface area contributed by atoms with E-state index in [1.54, 1.807) is 87.1 Å². The molecule has 10 rings (SSSR count). The number of methoxy groups -OCH3 is 1. The van der Waals surface area contributed by atoms with Crippen molar-refractivity contribution in [1.82, 2.24) is 36.6 Å². The number of benzene rings is 8. The Bertz CT molecular complexity index is 4330. The van der Waals surface area contributed by atoms with Crippen LogP contribution in [0, 0.1) is 18.6 Å². The van der Waals surface area contributed by atoms with E-state index in [-0.39, 0.29) is 70.0 Å². The summed E-state index contributed by atoms with van der Waals surface area (Å²) in [6.45, 7) is 16.6. The van der Waals surface area contributed by atoms with Crippen LogP contribution in [0.2, 0.25) is 5.02 Å². The van der Waals surface area contributed by atoms with E-state index in [9.17, 15) is 32.8 Å².